The number of carbonyl (C=O) groups excluding carboxylic acids is 4. The van der Waals surface area contributed by atoms with Gasteiger partial charge in [0.15, 0.2) is 0 Å². The fourth-order valence-electron chi connectivity index (χ4n) is 3.58. The Morgan fingerprint density at radius 2 is 1.86 bits per heavy atom. The minimum absolute atomic E-state index is 0.0692. The van der Waals surface area contributed by atoms with E-state index < -0.39 is 50.1 Å². The maximum atomic E-state index is 13.4. The van der Waals surface area contributed by atoms with Crippen LogP contribution >= 0.6 is 17.8 Å². The summed E-state index contributed by atoms with van der Waals surface area (Å²) in [4.78, 5) is 56.3. The van der Waals surface area contributed by atoms with E-state index in [9.17, 15) is 19.2 Å². The summed E-state index contributed by atoms with van der Waals surface area (Å²) >= 11 is 1.33. The number of rotatable bonds is 10. The van der Waals surface area contributed by atoms with E-state index in [0.29, 0.717) is 24.4 Å². The quantitative estimate of drug-likeness (QED) is 0.0618. The Kier molecular flexibility index (Phi) is 10.6. The summed E-state index contributed by atoms with van der Waals surface area (Å²) in [5.74, 6) is 0.269. The first-order valence-corrected chi connectivity index (χ1v) is 23.8. The van der Waals surface area contributed by atoms with Gasteiger partial charge in [0.25, 0.3) is 0 Å². The third-order valence-electron chi connectivity index (χ3n) is 5.32. The number of ether oxygens (including phenoxy) is 1. The number of esters is 1. The molecule has 4 N–H and O–H groups in total. The average Bonchev–Trinajstić information content (AvgIpc) is 3.14. The number of guanidine groups is 1. The van der Waals surface area contributed by atoms with Crippen LogP contribution in [0.5, 0.6) is 0 Å². The predicted octanol–water partition coefficient (Wildman–Crippen LogP) is 0.943. The van der Waals surface area contributed by atoms with Crippen LogP contribution in [0.4, 0.5) is 4.79 Å². The molecule has 186 valence electrons. The van der Waals surface area contributed by atoms with E-state index in [1.165, 1.54) is 19.2 Å². The summed E-state index contributed by atoms with van der Waals surface area (Å²) in [5.41, 5.74) is 6.86. The van der Waals surface area contributed by atoms with Gasteiger partial charge in [-0.15, -0.1) is 0 Å². The topological polar surface area (TPSA) is 146 Å². The van der Waals surface area contributed by atoms with Gasteiger partial charge in [0.1, 0.15) is 0 Å². The van der Waals surface area contributed by atoms with Gasteiger partial charge in [-0.25, -0.2) is 0 Å². The summed E-state index contributed by atoms with van der Waals surface area (Å²) in [6.45, 7) is 2.06. The Morgan fingerprint density at radius 1 is 1.19 bits per heavy atom. The number of nitrogens with two attached hydrogens (primary N) is 1. The van der Waals surface area contributed by atoms with E-state index in [1.807, 2.05) is 6.07 Å². The van der Waals surface area contributed by atoms with Crippen molar-refractivity contribution in [1.82, 2.24) is 18.5 Å². The van der Waals surface area contributed by atoms with E-state index in [4.69, 9.17) is 10.5 Å². The molecule has 2 heterocycles. The van der Waals surface area contributed by atoms with Gasteiger partial charge in [0.2, 0.25) is 0 Å². The molecule has 1 aromatic heterocycles. The van der Waals surface area contributed by atoms with E-state index in [1.54, 1.807) is 37.1 Å². The molecule has 3 rings (SSSR count). The zero-order valence-electron chi connectivity index (χ0n) is 19.4. The molecule has 14 heteroatoms. The molecule has 0 spiro atoms. The van der Waals surface area contributed by atoms with Crippen LogP contribution in [0.15, 0.2) is 53.4 Å². The van der Waals surface area contributed by atoms with Crippen molar-refractivity contribution >= 4 is 74.7 Å². The van der Waals surface area contributed by atoms with Crippen molar-refractivity contribution in [3.8, 4) is 0 Å². The molecule has 4 amide bonds. The number of benzene rings is 1. The Balaban J connectivity index is 1.81. The Labute approximate surface area is 230 Å². The number of hydrogen-bond acceptors (Lipinski definition) is 6. The van der Waals surface area contributed by atoms with Crippen molar-refractivity contribution in [3.05, 3.63) is 65.0 Å². The number of carbonyl (C=O) groups is 4. The second kappa shape index (κ2) is 13.7. The third-order valence-corrected chi connectivity index (χ3v) is 9.04. The van der Waals surface area contributed by atoms with Gasteiger partial charge in [-0.2, -0.15) is 0 Å². The number of nitrogens with one attached hydrogen (secondary N) is 2. The zero-order chi connectivity index (χ0) is 26.1. The van der Waals surface area contributed by atoms with Gasteiger partial charge in [-0.05, 0) is 0 Å². The molecule has 1 aromatic carbocycles. The number of imide groups is 1. The van der Waals surface area contributed by atoms with Crippen molar-refractivity contribution in [2.45, 2.75) is 25.4 Å². The van der Waals surface area contributed by atoms with Crippen LogP contribution in [0.3, 0.4) is 0 Å². The molecule has 0 saturated heterocycles. The van der Waals surface area contributed by atoms with E-state index in [0.717, 1.165) is 10.0 Å². The fraction of sp³-hybridized carbons (Fsp3) is 0.273. The number of methoxy groups -OCH3 is 1. The number of amides is 4. The van der Waals surface area contributed by atoms with Crippen LogP contribution in [0.25, 0.3) is 0 Å². The average molecular weight is 797 g/mol. The molecule has 1 unspecified atom stereocenters. The molecule has 0 bridgehead atoms. The summed E-state index contributed by atoms with van der Waals surface area (Å²) in [5, 5.41) is 4.46. The second-order valence-corrected chi connectivity index (χ2v) is 14.1. The summed E-state index contributed by atoms with van der Waals surface area (Å²) in [6, 6.07) is 9.95. The first-order valence-electron chi connectivity index (χ1n) is 11.0. The first-order chi connectivity index (χ1) is 17.4. The van der Waals surface area contributed by atoms with Crippen molar-refractivity contribution in [3.63, 3.8) is 0 Å². The molecular formula is C22H24BIN6O5Pb. The monoisotopic (exact) mass is 798 g/mol. The molecule has 11 nitrogen and oxygen atoms in total. The van der Waals surface area contributed by atoms with Crippen molar-refractivity contribution in [2.75, 3.05) is 13.7 Å². The van der Waals surface area contributed by atoms with Crippen LogP contribution in [0.1, 0.15) is 39.0 Å². The van der Waals surface area contributed by atoms with Gasteiger partial charge in [0, 0.05) is 0 Å². The summed E-state index contributed by atoms with van der Waals surface area (Å²) in [6.07, 6.45) is 0.672. The number of fused-ring (bicyclic) bond motifs is 1. The van der Waals surface area contributed by atoms with Crippen molar-refractivity contribution in [1.29, 1.82) is 0 Å². The Morgan fingerprint density at radius 3 is 2.44 bits per heavy atom. The number of hydrogen-bond donors (Lipinski definition) is 3. The molecule has 0 aliphatic carbocycles. The zero-order valence-corrected chi connectivity index (χ0v) is 25.5. The Bertz CT molecular complexity index is 1120. The second-order valence-electron chi connectivity index (χ2n) is 7.66. The normalized spacial score (nSPS) is 13.6. The third kappa shape index (κ3) is 7.01. The van der Waals surface area contributed by atoms with E-state index >= 15 is 0 Å². The number of aliphatic imine (C=N–C) groups is 1. The van der Waals surface area contributed by atoms with Crippen LogP contribution < -0.4 is 14.2 Å². The SMILES string of the molecule is COC(=O)C(CCCN=C(N)[NH][Pb][I])NC(=O)N(Cc1bcccc1)N1C(=O)c2ccccc2C1=O. The van der Waals surface area contributed by atoms with Crippen molar-refractivity contribution < 1.29 is 23.9 Å². The predicted molar refractivity (Wildman–Crippen MR) is 143 cm³/mol. The van der Waals surface area contributed by atoms with Crippen molar-refractivity contribution in [2.24, 2.45) is 10.7 Å². The first kappa shape index (κ1) is 28.0. The molecule has 1 aliphatic rings. The van der Waals surface area contributed by atoms with Gasteiger partial charge in [-0.3, -0.25) is 0 Å². The van der Waals surface area contributed by atoms with Gasteiger partial charge in [0.05, 0.1) is 0 Å². The molecule has 1 aliphatic heterocycles. The molecule has 2 radical (unpaired) electrons. The number of nitrogens with zero attached hydrogens (tertiary/aromatic N) is 3. The minimum atomic E-state index is -1.01. The number of urea groups is 1. The maximum absolute atomic E-state index is 13.4. The van der Waals surface area contributed by atoms with Crippen LogP contribution in [-0.4, -0.2) is 86.6 Å². The molecule has 0 fully saturated rings. The van der Waals surface area contributed by atoms with E-state index in [2.05, 4.69) is 31.2 Å². The van der Waals surface area contributed by atoms with Gasteiger partial charge < -0.3 is 0 Å². The molecule has 2 aromatic rings. The Hall–Kier alpha value is -2.56. The van der Waals surface area contributed by atoms with E-state index in [-0.39, 0.29) is 24.1 Å². The molecule has 1 atom stereocenters. The van der Waals surface area contributed by atoms with Crippen LogP contribution in [0, 0.1) is 0 Å². The summed E-state index contributed by atoms with van der Waals surface area (Å²) < 4.78 is 7.92. The van der Waals surface area contributed by atoms with Gasteiger partial charge in [-0.1, -0.05) is 0 Å². The standard InChI is InChI=1S/C22H25BN6O5.HI.Pb/c1-34-20(32)17(10-6-12-26-21(24)25)27-22(33)28(13-14-7-4-5-11-23-14)29-18(30)15-8-2-3-9-16(15)19(29)31;;/h2-5,7-9,11,17H,6,10,12-13H2,1H3,(H5,24,25,26,27,33);1H;/q;;+2/p-2. The number of hydrazine groups is 1. The van der Waals surface area contributed by atoms with Crippen LogP contribution in [-0.2, 0) is 16.1 Å². The summed E-state index contributed by atoms with van der Waals surface area (Å²) in [7, 11) is 1.22. The molecular weight excluding hydrogens is 773 g/mol. The molecule has 36 heavy (non-hydrogen) atoms. The number of halogens is 1. The fourth-order valence-corrected chi connectivity index (χ4v) is 6.69. The van der Waals surface area contributed by atoms with Crippen LogP contribution in [0.2, 0.25) is 0 Å². The van der Waals surface area contributed by atoms with Gasteiger partial charge >= 0.3 is 232 Å². The molecule has 0 saturated carbocycles.